The van der Waals surface area contributed by atoms with Crippen molar-refractivity contribution in [2.75, 3.05) is 12.4 Å². The molecular weight excluding hydrogens is 309 g/mol. The van der Waals surface area contributed by atoms with Crippen LogP contribution in [0.1, 0.15) is 6.42 Å². The first kappa shape index (κ1) is 14.9. The summed E-state index contributed by atoms with van der Waals surface area (Å²) in [6, 6.07) is 2.93. The summed E-state index contributed by atoms with van der Waals surface area (Å²) in [5, 5.41) is 5.80. The minimum atomic E-state index is -3.46. The maximum absolute atomic E-state index is 10.7. The summed E-state index contributed by atoms with van der Waals surface area (Å²) in [6.45, 7) is 0.175. The van der Waals surface area contributed by atoms with Crippen molar-refractivity contribution < 1.29 is 13.2 Å². The Kier molecular flexibility index (Phi) is 5.34. The molecule has 0 aliphatic heterocycles. The quantitative estimate of drug-likeness (QED) is 0.670. The molecule has 0 aliphatic rings. The molecule has 0 amide bonds. The van der Waals surface area contributed by atoms with Gasteiger partial charge in [-0.3, -0.25) is 0 Å². The predicted octanol–water partition coefficient (Wildman–Crippen LogP) is 2.70. The maximum atomic E-state index is 10.7. The van der Waals surface area contributed by atoms with Crippen LogP contribution in [-0.4, -0.2) is 20.8 Å². The fraction of sp³-hybridized carbons (Fsp3) is 0.333. The van der Waals surface area contributed by atoms with E-state index in [1.807, 2.05) is 0 Å². The standard InChI is InChI=1S/C9H10Cl3NO3S/c10-6-4-8(12)9(5-7(6)11)16-2-1-3-17(13,14)15/h4-5H,1-3H2,(H2,13,14,15). The summed E-state index contributed by atoms with van der Waals surface area (Å²) >= 11 is 17.4. The van der Waals surface area contributed by atoms with Crippen LogP contribution in [0.3, 0.4) is 0 Å². The fourth-order valence-electron chi connectivity index (χ4n) is 1.06. The Morgan fingerprint density at radius 2 is 1.71 bits per heavy atom. The number of ether oxygens (including phenoxy) is 1. The third-order valence-electron chi connectivity index (χ3n) is 1.81. The van der Waals surface area contributed by atoms with Crippen LogP contribution >= 0.6 is 34.8 Å². The molecule has 0 fully saturated rings. The first-order chi connectivity index (χ1) is 7.79. The number of sulfonamides is 1. The minimum Gasteiger partial charge on any atom is -0.492 e. The van der Waals surface area contributed by atoms with Crippen molar-refractivity contribution >= 4 is 44.8 Å². The third-order valence-corrected chi connectivity index (χ3v) is 3.68. The topological polar surface area (TPSA) is 69.4 Å². The van der Waals surface area contributed by atoms with Gasteiger partial charge in [0, 0.05) is 6.07 Å². The molecule has 1 aromatic carbocycles. The molecule has 17 heavy (non-hydrogen) atoms. The highest BCUT2D eigenvalue weighted by atomic mass is 35.5. The zero-order valence-corrected chi connectivity index (χ0v) is 11.7. The molecule has 0 atom stereocenters. The molecule has 1 rings (SSSR count). The molecule has 8 heteroatoms. The monoisotopic (exact) mass is 317 g/mol. The van der Waals surface area contributed by atoms with Crippen molar-refractivity contribution in [2.45, 2.75) is 6.42 Å². The zero-order chi connectivity index (χ0) is 13.1. The van der Waals surface area contributed by atoms with E-state index >= 15 is 0 Å². The molecule has 0 unspecified atom stereocenters. The third kappa shape index (κ3) is 5.31. The van der Waals surface area contributed by atoms with Gasteiger partial charge in [0.1, 0.15) is 5.75 Å². The van der Waals surface area contributed by atoms with Gasteiger partial charge in [0.2, 0.25) is 10.0 Å². The van der Waals surface area contributed by atoms with Gasteiger partial charge in [-0.25, -0.2) is 13.6 Å². The molecule has 0 aliphatic carbocycles. The van der Waals surface area contributed by atoms with Gasteiger partial charge >= 0.3 is 0 Å². The normalized spacial score (nSPS) is 11.5. The van der Waals surface area contributed by atoms with Gasteiger partial charge in [0.15, 0.2) is 0 Å². The maximum Gasteiger partial charge on any atom is 0.209 e. The van der Waals surface area contributed by atoms with Crippen molar-refractivity contribution in [3.05, 3.63) is 27.2 Å². The molecule has 0 bridgehead atoms. The highest BCUT2D eigenvalue weighted by molar-refractivity contribution is 7.89. The second-order valence-electron chi connectivity index (χ2n) is 3.27. The van der Waals surface area contributed by atoms with E-state index in [0.29, 0.717) is 20.8 Å². The number of rotatable bonds is 5. The van der Waals surface area contributed by atoms with Gasteiger partial charge in [-0.15, -0.1) is 0 Å². The lowest BCUT2D eigenvalue weighted by Gasteiger charge is -2.08. The van der Waals surface area contributed by atoms with E-state index in [-0.39, 0.29) is 18.8 Å². The van der Waals surface area contributed by atoms with Gasteiger partial charge in [-0.2, -0.15) is 0 Å². The highest BCUT2D eigenvalue weighted by Crippen LogP contribution is 2.33. The smallest absolute Gasteiger partial charge is 0.209 e. The van der Waals surface area contributed by atoms with E-state index in [1.54, 1.807) is 0 Å². The average molecular weight is 319 g/mol. The van der Waals surface area contributed by atoms with Crippen LogP contribution in [0.2, 0.25) is 15.1 Å². The number of halogens is 3. The van der Waals surface area contributed by atoms with Crippen LogP contribution in [-0.2, 0) is 10.0 Å². The molecule has 0 spiro atoms. The lowest BCUT2D eigenvalue weighted by molar-refractivity contribution is 0.318. The largest absolute Gasteiger partial charge is 0.492 e. The van der Waals surface area contributed by atoms with Crippen molar-refractivity contribution in [3.63, 3.8) is 0 Å². The van der Waals surface area contributed by atoms with Crippen LogP contribution < -0.4 is 9.88 Å². The number of hydrogen-bond donors (Lipinski definition) is 1. The van der Waals surface area contributed by atoms with Crippen LogP contribution in [0.15, 0.2) is 12.1 Å². The van der Waals surface area contributed by atoms with E-state index in [9.17, 15) is 8.42 Å². The molecule has 0 saturated heterocycles. The predicted molar refractivity (Wildman–Crippen MR) is 69.6 cm³/mol. The van der Waals surface area contributed by atoms with Crippen molar-refractivity contribution in [2.24, 2.45) is 5.14 Å². The molecule has 4 nitrogen and oxygen atoms in total. The second-order valence-corrected chi connectivity index (χ2v) is 6.22. The van der Waals surface area contributed by atoms with E-state index in [4.69, 9.17) is 44.7 Å². The minimum absolute atomic E-state index is 0.147. The van der Waals surface area contributed by atoms with Gasteiger partial charge < -0.3 is 4.74 Å². The summed E-state index contributed by atoms with van der Waals surface area (Å²) in [7, 11) is -3.46. The lowest BCUT2D eigenvalue weighted by atomic mass is 10.3. The van der Waals surface area contributed by atoms with Crippen LogP contribution in [0, 0.1) is 0 Å². The van der Waals surface area contributed by atoms with E-state index in [0.717, 1.165) is 0 Å². The number of benzene rings is 1. The lowest BCUT2D eigenvalue weighted by Crippen LogP contribution is -2.18. The molecule has 0 radical (unpaired) electrons. The summed E-state index contributed by atoms with van der Waals surface area (Å²) in [4.78, 5) is 0. The number of primary sulfonamides is 1. The molecule has 96 valence electrons. The Labute approximate surface area is 115 Å². The first-order valence-corrected chi connectivity index (χ1v) is 7.42. The van der Waals surface area contributed by atoms with E-state index in [2.05, 4.69) is 0 Å². The van der Waals surface area contributed by atoms with Gasteiger partial charge in [0.05, 0.1) is 27.4 Å². The van der Waals surface area contributed by atoms with Crippen LogP contribution in [0.4, 0.5) is 0 Å². The molecule has 1 aromatic rings. The Bertz CT molecular complexity index is 504. The molecular formula is C9H10Cl3NO3S. The van der Waals surface area contributed by atoms with Crippen LogP contribution in [0.25, 0.3) is 0 Å². The number of nitrogens with two attached hydrogens (primary N) is 1. The molecule has 0 aromatic heterocycles. The zero-order valence-electron chi connectivity index (χ0n) is 8.62. The van der Waals surface area contributed by atoms with Crippen molar-refractivity contribution in [1.82, 2.24) is 0 Å². The summed E-state index contributed by atoms with van der Waals surface area (Å²) in [6.07, 6.45) is 0.273. The highest BCUT2D eigenvalue weighted by Gasteiger charge is 2.08. The van der Waals surface area contributed by atoms with Gasteiger partial charge in [0.25, 0.3) is 0 Å². The SMILES string of the molecule is NS(=O)(=O)CCCOc1cc(Cl)c(Cl)cc1Cl. The molecule has 0 saturated carbocycles. The summed E-state index contributed by atoms with van der Waals surface area (Å²) < 4.78 is 26.6. The van der Waals surface area contributed by atoms with Crippen LogP contribution in [0.5, 0.6) is 5.75 Å². The molecule has 0 heterocycles. The Balaban J connectivity index is 2.55. The first-order valence-electron chi connectivity index (χ1n) is 4.57. The van der Waals surface area contributed by atoms with E-state index in [1.165, 1.54) is 12.1 Å². The Hall–Kier alpha value is -0.200. The number of hydrogen-bond acceptors (Lipinski definition) is 3. The van der Waals surface area contributed by atoms with Crippen molar-refractivity contribution in [1.29, 1.82) is 0 Å². The molecule has 2 N–H and O–H groups in total. The van der Waals surface area contributed by atoms with E-state index < -0.39 is 10.0 Å². The Morgan fingerprint density at radius 1 is 1.12 bits per heavy atom. The Morgan fingerprint density at radius 3 is 2.29 bits per heavy atom. The fourth-order valence-corrected chi connectivity index (χ4v) is 2.17. The summed E-state index contributed by atoms with van der Waals surface area (Å²) in [5.41, 5.74) is 0. The van der Waals surface area contributed by atoms with Gasteiger partial charge in [-0.1, -0.05) is 34.8 Å². The average Bonchev–Trinajstić information content (AvgIpc) is 2.18. The van der Waals surface area contributed by atoms with Gasteiger partial charge in [-0.05, 0) is 12.5 Å². The second kappa shape index (κ2) is 6.11. The van der Waals surface area contributed by atoms with Crippen molar-refractivity contribution in [3.8, 4) is 5.75 Å². The summed E-state index contributed by atoms with van der Waals surface area (Å²) in [5.74, 6) is 0.210.